The molecule has 12 atom stereocenters. The third kappa shape index (κ3) is 2.90. The lowest BCUT2D eigenvalue weighted by molar-refractivity contribution is -0.0279. The highest BCUT2D eigenvalue weighted by molar-refractivity contribution is 5.15. The molecule has 0 N–H and O–H groups in total. The first-order valence-corrected chi connectivity index (χ1v) is 15.2. The minimum Gasteiger partial charge on any atom is -0.0625 e. The van der Waals surface area contributed by atoms with Gasteiger partial charge in [-0.15, -0.1) is 0 Å². The second-order valence-corrected chi connectivity index (χ2v) is 14.6. The molecule has 31 heavy (non-hydrogen) atoms. The highest BCUT2D eigenvalue weighted by Crippen LogP contribution is 2.74. The first-order chi connectivity index (χ1) is 15.2. The topological polar surface area (TPSA) is 0 Å². The van der Waals surface area contributed by atoms with Crippen molar-refractivity contribution in [1.29, 1.82) is 0 Å². The molecule has 0 aromatic carbocycles. The maximum Gasteiger partial charge on any atom is -0.0230 e. The summed E-state index contributed by atoms with van der Waals surface area (Å²) in [5, 5.41) is 0. The van der Waals surface area contributed by atoms with Gasteiger partial charge < -0.3 is 0 Å². The molecule has 0 heterocycles. The second kappa shape index (κ2) is 7.50. The van der Waals surface area contributed by atoms with E-state index < -0.39 is 0 Å². The minimum absolute atomic E-state index is 0.776. The fraction of sp³-hybridized carbons (Fsp3) is 1.00. The smallest absolute Gasteiger partial charge is 0.0230 e. The minimum atomic E-state index is 0.776. The Labute approximate surface area is 193 Å². The molecule has 7 aliphatic carbocycles. The van der Waals surface area contributed by atoms with Crippen molar-refractivity contribution in [1.82, 2.24) is 0 Å². The Balaban J connectivity index is 1.25. The Morgan fingerprint density at radius 1 is 0.484 bits per heavy atom. The molecular weight excluding hydrogens is 372 g/mol. The van der Waals surface area contributed by atoms with Gasteiger partial charge in [-0.2, -0.15) is 0 Å². The quantitative estimate of drug-likeness (QED) is 0.366. The third-order valence-electron chi connectivity index (χ3n) is 13.4. The van der Waals surface area contributed by atoms with Crippen LogP contribution in [0.2, 0.25) is 0 Å². The van der Waals surface area contributed by atoms with Gasteiger partial charge in [-0.1, -0.05) is 46.0 Å². The molecule has 174 valence electrons. The molecule has 0 radical (unpaired) electrons. The molecule has 0 aliphatic heterocycles. The maximum atomic E-state index is 2.63. The number of hydrogen-bond acceptors (Lipinski definition) is 0. The fourth-order valence-corrected chi connectivity index (χ4v) is 13.2. The molecule has 7 saturated carbocycles. The molecule has 0 saturated heterocycles. The molecule has 0 heteroatoms. The lowest BCUT2D eigenvalue weighted by atomic mass is 9.53. The van der Waals surface area contributed by atoms with Crippen LogP contribution in [0.1, 0.15) is 117 Å². The summed E-state index contributed by atoms with van der Waals surface area (Å²) in [6.07, 6.45) is 25.7. The van der Waals surface area contributed by atoms with Gasteiger partial charge in [0.05, 0.1) is 0 Å². The Morgan fingerprint density at radius 2 is 1.19 bits per heavy atom. The predicted molar refractivity (Wildman–Crippen MR) is 130 cm³/mol. The zero-order chi connectivity index (χ0) is 20.7. The van der Waals surface area contributed by atoms with Crippen molar-refractivity contribution in [3.8, 4) is 0 Å². The summed E-state index contributed by atoms with van der Waals surface area (Å²) in [5.74, 6) is 13.5. The second-order valence-electron chi connectivity index (χ2n) is 14.6. The lowest BCUT2D eigenvalue weighted by Gasteiger charge is -2.52. The SMILES string of the molecule is CC1CC(C)CC2(C1)C1CCCCC1C1C3C(CCC12)CC1C2CCCCC2CCC13. The van der Waals surface area contributed by atoms with Crippen LogP contribution in [0.4, 0.5) is 0 Å². The van der Waals surface area contributed by atoms with E-state index in [1.807, 2.05) is 0 Å². The normalized spacial score (nSPS) is 60.6. The average molecular weight is 423 g/mol. The monoisotopic (exact) mass is 422 g/mol. The van der Waals surface area contributed by atoms with Crippen molar-refractivity contribution in [3.05, 3.63) is 0 Å². The van der Waals surface area contributed by atoms with Gasteiger partial charge in [0, 0.05) is 0 Å². The number of fused-ring (bicyclic) bond motifs is 11. The van der Waals surface area contributed by atoms with E-state index in [2.05, 4.69) is 13.8 Å². The highest BCUT2D eigenvalue weighted by Gasteiger charge is 2.67. The van der Waals surface area contributed by atoms with Gasteiger partial charge in [-0.05, 0) is 147 Å². The summed E-state index contributed by atoms with van der Waals surface area (Å²) >= 11 is 0. The summed E-state index contributed by atoms with van der Waals surface area (Å²) in [5.41, 5.74) is 0.776. The predicted octanol–water partition coefficient (Wildman–Crippen LogP) is 8.74. The van der Waals surface area contributed by atoms with Gasteiger partial charge in [0.25, 0.3) is 0 Å². The van der Waals surface area contributed by atoms with Gasteiger partial charge in [-0.3, -0.25) is 0 Å². The third-order valence-corrected chi connectivity index (χ3v) is 13.4. The Hall–Kier alpha value is 0. The molecule has 7 aliphatic rings. The molecule has 0 aromatic rings. The fourth-order valence-electron chi connectivity index (χ4n) is 13.2. The molecule has 0 amide bonds. The van der Waals surface area contributed by atoms with Crippen LogP contribution in [0.5, 0.6) is 0 Å². The van der Waals surface area contributed by atoms with E-state index in [1.54, 1.807) is 96.3 Å². The van der Waals surface area contributed by atoms with Crippen LogP contribution in [0.25, 0.3) is 0 Å². The van der Waals surface area contributed by atoms with Gasteiger partial charge in [0.2, 0.25) is 0 Å². The van der Waals surface area contributed by atoms with Crippen LogP contribution < -0.4 is 0 Å². The average Bonchev–Trinajstić information content (AvgIpc) is 3.28. The Kier molecular flexibility index (Phi) is 4.93. The summed E-state index contributed by atoms with van der Waals surface area (Å²) in [4.78, 5) is 0. The zero-order valence-corrected chi connectivity index (χ0v) is 20.7. The van der Waals surface area contributed by atoms with Crippen LogP contribution in [-0.2, 0) is 0 Å². The number of rotatable bonds is 0. The van der Waals surface area contributed by atoms with Crippen LogP contribution >= 0.6 is 0 Å². The zero-order valence-electron chi connectivity index (χ0n) is 20.7. The lowest BCUT2D eigenvalue weighted by Crippen LogP contribution is -2.44. The summed E-state index contributed by atoms with van der Waals surface area (Å²) < 4.78 is 0. The van der Waals surface area contributed by atoms with Crippen molar-refractivity contribution in [2.24, 2.45) is 76.4 Å². The summed E-state index contributed by atoms with van der Waals surface area (Å²) in [6.45, 7) is 5.26. The summed E-state index contributed by atoms with van der Waals surface area (Å²) in [6, 6.07) is 0. The van der Waals surface area contributed by atoms with E-state index in [-0.39, 0.29) is 0 Å². The first kappa shape index (κ1) is 20.4. The van der Waals surface area contributed by atoms with Crippen molar-refractivity contribution >= 4 is 0 Å². The highest BCUT2D eigenvalue weighted by atomic mass is 14.7. The van der Waals surface area contributed by atoms with Crippen molar-refractivity contribution in [2.45, 2.75) is 117 Å². The van der Waals surface area contributed by atoms with Gasteiger partial charge >= 0.3 is 0 Å². The standard InChI is InChI=1S/C31H50/c1-19-15-20(2)18-31(17-19)27-10-6-5-9-25(27)30-28(31)14-12-22-16-26-23-8-4-3-7-21(23)11-13-24(26)29(22)30/h19-30H,3-18H2,1-2H3. The van der Waals surface area contributed by atoms with Crippen LogP contribution in [0, 0.1) is 76.4 Å². The number of hydrogen-bond donors (Lipinski definition) is 0. The van der Waals surface area contributed by atoms with E-state index >= 15 is 0 Å². The van der Waals surface area contributed by atoms with Gasteiger partial charge in [-0.25, -0.2) is 0 Å². The first-order valence-electron chi connectivity index (χ1n) is 15.2. The van der Waals surface area contributed by atoms with Crippen molar-refractivity contribution in [3.63, 3.8) is 0 Å². The van der Waals surface area contributed by atoms with E-state index in [1.165, 1.54) is 12.3 Å². The Bertz CT molecular complexity index is 668. The van der Waals surface area contributed by atoms with Crippen molar-refractivity contribution in [2.75, 3.05) is 0 Å². The van der Waals surface area contributed by atoms with E-state index in [4.69, 9.17) is 0 Å². The molecular formula is C31H50. The molecule has 0 nitrogen and oxygen atoms in total. The molecule has 7 fully saturated rings. The van der Waals surface area contributed by atoms with E-state index in [0.717, 1.165) is 70.5 Å². The molecule has 1 spiro atoms. The summed E-state index contributed by atoms with van der Waals surface area (Å²) in [7, 11) is 0. The maximum absolute atomic E-state index is 2.63. The van der Waals surface area contributed by atoms with Crippen LogP contribution in [0.15, 0.2) is 0 Å². The molecule has 0 bridgehead atoms. The molecule has 12 unspecified atom stereocenters. The van der Waals surface area contributed by atoms with Crippen molar-refractivity contribution < 1.29 is 0 Å². The van der Waals surface area contributed by atoms with Crippen LogP contribution in [-0.4, -0.2) is 0 Å². The molecule has 0 aromatic heterocycles. The van der Waals surface area contributed by atoms with Crippen LogP contribution in [0.3, 0.4) is 0 Å². The van der Waals surface area contributed by atoms with E-state index in [9.17, 15) is 0 Å². The van der Waals surface area contributed by atoms with Gasteiger partial charge in [0.15, 0.2) is 0 Å². The van der Waals surface area contributed by atoms with E-state index in [0.29, 0.717) is 0 Å². The molecule has 7 rings (SSSR count). The largest absolute Gasteiger partial charge is 0.0625 e. The van der Waals surface area contributed by atoms with Gasteiger partial charge in [0.1, 0.15) is 0 Å². The Morgan fingerprint density at radius 3 is 2.03 bits per heavy atom.